The minimum absolute atomic E-state index is 0.0309. The Morgan fingerprint density at radius 1 is 1.42 bits per heavy atom. The average Bonchev–Trinajstić information content (AvgIpc) is 2.49. The van der Waals surface area contributed by atoms with Crippen LogP contribution in [0.25, 0.3) is 0 Å². The molecule has 19 heavy (non-hydrogen) atoms. The summed E-state index contributed by atoms with van der Waals surface area (Å²) in [6.45, 7) is 9.03. The van der Waals surface area contributed by atoms with E-state index < -0.39 is 0 Å². The van der Waals surface area contributed by atoms with Gasteiger partial charge < -0.3 is 20.1 Å². The van der Waals surface area contributed by atoms with Gasteiger partial charge in [0.25, 0.3) is 0 Å². The van der Waals surface area contributed by atoms with Crippen LogP contribution in [-0.4, -0.2) is 43.0 Å². The van der Waals surface area contributed by atoms with Crippen LogP contribution < -0.4 is 15.0 Å². The van der Waals surface area contributed by atoms with Crippen molar-refractivity contribution in [3.63, 3.8) is 0 Å². The average molecular weight is 264 g/mol. The van der Waals surface area contributed by atoms with E-state index >= 15 is 0 Å². The number of nitrogens with one attached hydrogen (secondary N) is 1. The van der Waals surface area contributed by atoms with Gasteiger partial charge in [0, 0.05) is 25.2 Å². The van der Waals surface area contributed by atoms with Crippen molar-refractivity contribution in [2.75, 3.05) is 31.1 Å². The molecule has 0 bridgehead atoms. The number of benzene rings is 1. The number of hydrogen-bond donors (Lipinski definition) is 2. The number of aliphatic hydroxyl groups is 1. The molecule has 1 aliphatic heterocycles. The summed E-state index contributed by atoms with van der Waals surface area (Å²) in [6, 6.07) is 8.03. The van der Waals surface area contributed by atoms with Crippen molar-refractivity contribution in [3.8, 4) is 5.75 Å². The molecular formula is C15H24N2O2. The number of para-hydroxylation sites is 2. The highest BCUT2D eigenvalue weighted by molar-refractivity contribution is 5.59. The lowest BCUT2D eigenvalue weighted by Gasteiger charge is -2.32. The Morgan fingerprint density at radius 2 is 2.16 bits per heavy atom. The van der Waals surface area contributed by atoms with Crippen molar-refractivity contribution in [1.29, 1.82) is 0 Å². The summed E-state index contributed by atoms with van der Waals surface area (Å²) in [5.74, 6) is 0.884. The maximum atomic E-state index is 10.0. The van der Waals surface area contributed by atoms with Crippen molar-refractivity contribution >= 4 is 5.69 Å². The van der Waals surface area contributed by atoms with Gasteiger partial charge in [-0.2, -0.15) is 0 Å². The van der Waals surface area contributed by atoms with E-state index in [4.69, 9.17) is 4.74 Å². The molecule has 1 unspecified atom stereocenters. The van der Waals surface area contributed by atoms with E-state index in [1.54, 1.807) is 0 Å². The first-order valence-corrected chi connectivity index (χ1v) is 6.92. The van der Waals surface area contributed by atoms with Crippen LogP contribution in [0, 0.1) is 0 Å². The summed E-state index contributed by atoms with van der Waals surface area (Å²) in [4.78, 5) is 2.20. The highest BCUT2D eigenvalue weighted by Gasteiger charge is 2.28. The third-order valence-electron chi connectivity index (χ3n) is 3.34. The molecule has 1 fully saturated rings. The van der Waals surface area contributed by atoms with Gasteiger partial charge in [-0.1, -0.05) is 12.1 Å². The number of β-amino-alcohol motifs (C(OH)–C–C–N with tert-alkyl or cyclic N) is 1. The van der Waals surface area contributed by atoms with Gasteiger partial charge in [0.1, 0.15) is 5.75 Å². The number of rotatable bonds is 3. The summed E-state index contributed by atoms with van der Waals surface area (Å²) >= 11 is 0. The minimum atomic E-state index is -0.364. The topological polar surface area (TPSA) is 44.7 Å². The molecule has 0 spiro atoms. The van der Waals surface area contributed by atoms with Gasteiger partial charge in [-0.25, -0.2) is 0 Å². The van der Waals surface area contributed by atoms with Crippen LogP contribution in [0.15, 0.2) is 24.3 Å². The Bertz CT molecular complexity index is 420. The van der Waals surface area contributed by atoms with E-state index in [1.165, 1.54) is 0 Å². The highest BCUT2D eigenvalue weighted by Crippen LogP contribution is 2.30. The third-order valence-corrected chi connectivity index (χ3v) is 3.34. The van der Waals surface area contributed by atoms with Crippen LogP contribution in [0.5, 0.6) is 5.75 Å². The van der Waals surface area contributed by atoms with Crippen molar-refractivity contribution in [1.82, 2.24) is 5.32 Å². The normalized spacial score (nSPS) is 22.9. The molecular weight excluding hydrogens is 240 g/mol. The fourth-order valence-corrected chi connectivity index (χ4v) is 2.49. The maximum absolute atomic E-state index is 10.0. The van der Waals surface area contributed by atoms with Crippen LogP contribution in [0.3, 0.4) is 0 Å². The predicted molar refractivity (Wildman–Crippen MR) is 77.9 cm³/mol. The number of aliphatic hydroxyl groups excluding tert-OH is 1. The lowest BCUT2D eigenvalue weighted by Crippen LogP contribution is -2.46. The summed E-state index contributed by atoms with van der Waals surface area (Å²) in [6.07, 6.45) is -0.364. The summed E-state index contributed by atoms with van der Waals surface area (Å²) in [7, 11) is 0. The van der Waals surface area contributed by atoms with E-state index in [-0.39, 0.29) is 11.6 Å². The Morgan fingerprint density at radius 3 is 2.89 bits per heavy atom. The Balaban J connectivity index is 2.28. The molecule has 1 atom stereocenters. The molecule has 1 heterocycles. The van der Waals surface area contributed by atoms with Crippen molar-refractivity contribution in [3.05, 3.63) is 24.3 Å². The van der Waals surface area contributed by atoms with Crippen LogP contribution >= 0.6 is 0 Å². The molecule has 0 aromatic heterocycles. The van der Waals surface area contributed by atoms with Gasteiger partial charge in [0.05, 0.1) is 18.4 Å². The lowest BCUT2D eigenvalue weighted by atomic mass is 10.1. The first kappa shape index (κ1) is 14.2. The Kier molecular flexibility index (Phi) is 4.32. The fourth-order valence-electron chi connectivity index (χ4n) is 2.49. The van der Waals surface area contributed by atoms with Crippen LogP contribution in [-0.2, 0) is 0 Å². The van der Waals surface area contributed by atoms with Gasteiger partial charge in [0.15, 0.2) is 0 Å². The first-order chi connectivity index (χ1) is 9.02. The molecule has 2 rings (SSSR count). The molecule has 4 heteroatoms. The smallest absolute Gasteiger partial charge is 0.142 e. The molecule has 4 nitrogen and oxygen atoms in total. The number of nitrogens with zero attached hydrogens (tertiary/aromatic N) is 1. The van der Waals surface area contributed by atoms with Gasteiger partial charge in [0.2, 0.25) is 0 Å². The second-order valence-corrected chi connectivity index (χ2v) is 5.70. The van der Waals surface area contributed by atoms with Crippen molar-refractivity contribution in [2.45, 2.75) is 32.4 Å². The highest BCUT2D eigenvalue weighted by atomic mass is 16.5. The summed E-state index contributed by atoms with van der Waals surface area (Å²) in [5, 5.41) is 13.4. The van der Waals surface area contributed by atoms with E-state index in [1.807, 2.05) is 25.1 Å². The second kappa shape index (κ2) is 5.80. The zero-order chi connectivity index (χ0) is 13.9. The van der Waals surface area contributed by atoms with E-state index in [9.17, 15) is 5.11 Å². The molecule has 1 aromatic rings. The van der Waals surface area contributed by atoms with Crippen LogP contribution in [0.4, 0.5) is 5.69 Å². The number of anilines is 1. The van der Waals surface area contributed by atoms with E-state index in [0.29, 0.717) is 19.7 Å². The fraction of sp³-hybridized carbons (Fsp3) is 0.600. The minimum Gasteiger partial charge on any atom is -0.492 e. The largest absolute Gasteiger partial charge is 0.492 e. The molecule has 0 amide bonds. The van der Waals surface area contributed by atoms with Gasteiger partial charge in [-0.15, -0.1) is 0 Å². The summed E-state index contributed by atoms with van der Waals surface area (Å²) < 4.78 is 5.69. The third kappa shape index (κ3) is 3.61. The number of ether oxygens (including phenoxy) is 1. The molecule has 1 aliphatic rings. The first-order valence-electron chi connectivity index (χ1n) is 6.92. The maximum Gasteiger partial charge on any atom is 0.142 e. The molecule has 1 saturated heterocycles. The molecule has 0 aliphatic carbocycles. The molecule has 1 aromatic carbocycles. The number of hydrogen-bond acceptors (Lipinski definition) is 4. The quantitative estimate of drug-likeness (QED) is 0.871. The van der Waals surface area contributed by atoms with Gasteiger partial charge in [-0.05, 0) is 32.9 Å². The van der Waals surface area contributed by atoms with Gasteiger partial charge in [-0.3, -0.25) is 0 Å². The monoisotopic (exact) mass is 264 g/mol. The van der Waals surface area contributed by atoms with Gasteiger partial charge >= 0.3 is 0 Å². The Hall–Kier alpha value is -1.26. The summed E-state index contributed by atoms with van der Waals surface area (Å²) in [5.41, 5.74) is 1.02. The molecule has 0 radical (unpaired) electrons. The van der Waals surface area contributed by atoms with E-state index in [0.717, 1.165) is 18.0 Å². The van der Waals surface area contributed by atoms with Crippen molar-refractivity contribution in [2.24, 2.45) is 0 Å². The SMILES string of the molecule is CCOc1ccccc1N1CC(O)CNC(C)(C)C1. The second-order valence-electron chi connectivity index (χ2n) is 5.70. The zero-order valence-corrected chi connectivity index (χ0v) is 12.0. The molecule has 106 valence electrons. The van der Waals surface area contributed by atoms with Crippen LogP contribution in [0.1, 0.15) is 20.8 Å². The van der Waals surface area contributed by atoms with E-state index in [2.05, 4.69) is 30.1 Å². The predicted octanol–water partition coefficient (Wildman–Crippen LogP) is 1.63. The van der Waals surface area contributed by atoms with Crippen LogP contribution in [0.2, 0.25) is 0 Å². The zero-order valence-electron chi connectivity index (χ0n) is 12.0. The Labute approximate surface area is 115 Å². The molecule has 2 N–H and O–H groups in total. The standard InChI is InChI=1S/C15H24N2O2/c1-4-19-14-8-6-5-7-13(14)17-10-12(18)9-16-15(2,3)11-17/h5-8,12,16,18H,4,9-11H2,1-3H3. The van der Waals surface area contributed by atoms with Crippen molar-refractivity contribution < 1.29 is 9.84 Å². The molecule has 0 saturated carbocycles. The lowest BCUT2D eigenvalue weighted by molar-refractivity contribution is 0.179.